The molecule has 1 amide bonds. The highest BCUT2D eigenvalue weighted by Crippen LogP contribution is 2.17. The minimum atomic E-state index is 0.113. The molecule has 0 N–H and O–H groups in total. The molecule has 0 unspecified atom stereocenters. The van der Waals surface area contributed by atoms with Gasteiger partial charge in [-0.3, -0.25) is 9.69 Å². The maximum absolute atomic E-state index is 11.6. The SMILES string of the molecule is CN(C)CC(=O)N1CCCSC1=S. The maximum Gasteiger partial charge on any atom is 0.242 e. The van der Waals surface area contributed by atoms with Crippen molar-refractivity contribution in [2.24, 2.45) is 0 Å². The highest BCUT2D eigenvalue weighted by Gasteiger charge is 2.21. The van der Waals surface area contributed by atoms with Crippen LogP contribution in [0.1, 0.15) is 6.42 Å². The highest BCUT2D eigenvalue weighted by atomic mass is 32.2. The van der Waals surface area contributed by atoms with Crippen molar-refractivity contribution in [3.8, 4) is 0 Å². The molecule has 13 heavy (non-hydrogen) atoms. The molecule has 0 bridgehead atoms. The van der Waals surface area contributed by atoms with E-state index in [2.05, 4.69) is 0 Å². The van der Waals surface area contributed by atoms with Gasteiger partial charge in [-0.1, -0.05) is 24.0 Å². The Kier molecular flexibility index (Phi) is 4.15. The van der Waals surface area contributed by atoms with Gasteiger partial charge in [-0.25, -0.2) is 0 Å². The van der Waals surface area contributed by atoms with Crippen molar-refractivity contribution >= 4 is 34.2 Å². The predicted octanol–water partition coefficient (Wildman–Crippen LogP) is 0.798. The molecular weight excluding hydrogens is 204 g/mol. The van der Waals surface area contributed by atoms with Crippen LogP contribution < -0.4 is 0 Å². The van der Waals surface area contributed by atoms with Gasteiger partial charge in [0.15, 0.2) is 0 Å². The van der Waals surface area contributed by atoms with Crippen LogP contribution in [-0.2, 0) is 4.79 Å². The monoisotopic (exact) mass is 218 g/mol. The lowest BCUT2D eigenvalue weighted by Gasteiger charge is -2.27. The molecule has 1 fully saturated rings. The van der Waals surface area contributed by atoms with E-state index < -0.39 is 0 Å². The fraction of sp³-hybridized carbons (Fsp3) is 0.750. The quantitative estimate of drug-likeness (QED) is 0.640. The van der Waals surface area contributed by atoms with E-state index in [0.29, 0.717) is 6.54 Å². The normalized spacial score (nSPS) is 18.1. The molecule has 0 aliphatic carbocycles. The van der Waals surface area contributed by atoms with Crippen molar-refractivity contribution in [2.45, 2.75) is 6.42 Å². The molecular formula is C8H14N2OS2. The fourth-order valence-electron chi connectivity index (χ4n) is 1.13. The molecule has 0 aromatic rings. The molecule has 1 aliphatic heterocycles. The van der Waals surface area contributed by atoms with Crippen LogP contribution in [0.4, 0.5) is 0 Å². The van der Waals surface area contributed by atoms with E-state index in [4.69, 9.17) is 12.2 Å². The Hall–Kier alpha value is -0.130. The second-order valence-corrected chi connectivity index (χ2v) is 4.98. The predicted molar refractivity (Wildman–Crippen MR) is 59.9 cm³/mol. The van der Waals surface area contributed by atoms with Crippen LogP contribution in [-0.4, -0.2) is 53.0 Å². The second kappa shape index (κ2) is 4.93. The number of thioether (sulfide) groups is 1. The molecule has 0 radical (unpaired) electrons. The lowest BCUT2D eigenvalue weighted by molar-refractivity contribution is -0.127. The first-order valence-corrected chi connectivity index (χ1v) is 5.62. The summed E-state index contributed by atoms with van der Waals surface area (Å²) in [6.45, 7) is 1.24. The Morgan fingerprint density at radius 2 is 2.38 bits per heavy atom. The number of rotatable bonds is 2. The fourth-order valence-corrected chi connectivity index (χ4v) is 2.37. The smallest absolute Gasteiger partial charge is 0.242 e. The minimum absolute atomic E-state index is 0.113. The van der Waals surface area contributed by atoms with Crippen molar-refractivity contribution in [3.63, 3.8) is 0 Å². The Labute approximate surface area is 88.5 Å². The summed E-state index contributed by atoms with van der Waals surface area (Å²) in [5.41, 5.74) is 0. The molecule has 3 nitrogen and oxygen atoms in total. The van der Waals surface area contributed by atoms with Crippen LogP contribution in [0.3, 0.4) is 0 Å². The van der Waals surface area contributed by atoms with Crippen LogP contribution in [0.25, 0.3) is 0 Å². The molecule has 1 aliphatic rings. The summed E-state index contributed by atoms with van der Waals surface area (Å²) in [6, 6.07) is 0. The third kappa shape index (κ3) is 3.25. The van der Waals surface area contributed by atoms with Crippen LogP contribution in [0.5, 0.6) is 0 Å². The van der Waals surface area contributed by atoms with E-state index in [1.807, 2.05) is 19.0 Å². The zero-order chi connectivity index (χ0) is 9.84. The van der Waals surface area contributed by atoms with Gasteiger partial charge in [0.05, 0.1) is 6.54 Å². The van der Waals surface area contributed by atoms with Crippen molar-refractivity contribution in [2.75, 3.05) is 32.9 Å². The number of hydrogen-bond acceptors (Lipinski definition) is 4. The second-order valence-electron chi connectivity index (χ2n) is 3.25. The van der Waals surface area contributed by atoms with Gasteiger partial charge in [-0.05, 0) is 20.5 Å². The standard InChI is InChI=1S/C8H14N2OS2/c1-9(2)6-7(11)10-4-3-5-13-8(10)12/h3-6H2,1-2H3. The van der Waals surface area contributed by atoms with E-state index in [1.165, 1.54) is 0 Å². The van der Waals surface area contributed by atoms with Gasteiger partial charge in [-0.2, -0.15) is 0 Å². The first kappa shape index (κ1) is 10.9. The molecule has 0 atom stereocenters. The number of amides is 1. The van der Waals surface area contributed by atoms with E-state index in [0.717, 1.165) is 23.0 Å². The van der Waals surface area contributed by atoms with Crippen molar-refractivity contribution in [1.82, 2.24) is 9.80 Å². The summed E-state index contributed by atoms with van der Waals surface area (Å²) in [4.78, 5) is 15.2. The summed E-state index contributed by atoms with van der Waals surface area (Å²) >= 11 is 6.71. The molecule has 0 saturated carbocycles. The molecule has 1 rings (SSSR count). The third-order valence-electron chi connectivity index (χ3n) is 1.72. The highest BCUT2D eigenvalue weighted by molar-refractivity contribution is 8.23. The molecule has 74 valence electrons. The largest absolute Gasteiger partial charge is 0.301 e. The summed E-state index contributed by atoms with van der Waals surface area (Å²) in [5.74, 6) is 1.16. The van der Waals surface area contributed by atoms with Crippen molar-refractivity contribution in [3.05, 3.63) is 0 Å². The average Bonchev–Trinajstić information content (AvgIpc) is 2.03. The van der Waals surface area contributed by atoms with Gasteiger partial charge in [0.1, 0.15) is 4.32 Å². The van der Waals surface area contributed by atoms with Gasteiger partial charge in [0.2, 0.25) is 5.91 Å². The van der Waals surface area contributed by atoms with Crippen molar-refractivity contribution in [1.29, 1.82) is 0 Å². The first-order valence-electron chi connectivity index (χ1n) is 4.23. The van der Waals surface area contributed by atoms with Crippen LogP contribution in [0.2, 0.25) is 0 Å². The number of nitrogens with zero attached hydrogens (tertiary/aromatic N) is 2. The molecule has 1 saturated heterocycles. The molecule has 0 aromatic heterocycles. The number of carbonyl (C=O) groups excluding carboxylic acids is 1. The van der Waals surface area contributed by atoms with Crippen LogP contribution >= 0.6 is 24.0 Å². The van der Waals surface area contributed by atoms with E-state index >= 15 is 0 Å². The summed E-state index contributed by atoms with van der Waals surface area (Å²) in [6.07, 6.45) is 1.05. The Morgan fingerprint density at radius 3 is 2.92 bits per heavy atom. The first-order chi connectivity index (χ1) is 6.11. The third-order valence-corrected chi connectivity index (χ3v) is 3.26. The molecule has 0 spiro atoms. The zero-order valence-electron chi connectivity index (χ0n) is 7.95. The van der Waals surface area contributed by atoms with E-state index in [1.54, 1.807) is 16.7 Å². The lowest BCUT2D eigenvalue weighted by Crippen LogP contribution is -2.42. The van der Waals surface area contributed by atoms with Crippen LogP contribution in [0.15, 0.2) is 0 Å². The minimum Gasteiger partial charge on any atom is -0.301 e. The van der Waals surface area contributed by atoms with Gasteiger partial charge < -0.3 is 4.90 Å². The summed E-state index contributed by atoms with van der Waals surface area (Å²) < 4.78 is 0.734. The number of thiocarbonyl (C=S) groups is 1. The van der Waals surface area contributed by atoms with E-state index in [-0.39, 0.29) is 5.91 Å². The lowest BCUT2D eigenvalue weighted by atomic mass is 10.4. The zero-order valence-corrected chi connectivity index (χ0v) is 9.58. The molecule has 1 heterocycles. The van der Waals surface area contributed by atoms with Crippen molar-refractivity contribution < 1.29 is 4.79 Å². The Bertz CT molecular complexity index is 218. The van der Waals surface area contributed by atoms with Gasteiger partial charge in [-0.15, -0.1) is 0 Å². The van der Waals surface area contributed by atoms with Gasteiger partial charge in [0, 0.05) is 12.3 Å². The number of hydrogen-bond donors (Lipinski definition) is 0. The topological polar surface area (TPSA) is 23.6 Å². The Morgan fingerprint density at radius 1 is 1.69 bits per heavy atom. The maximum atomic E-state index is 11.6. The van der Waals surface area contributed by atoms with Gasteiger partial charge in [0.25, 0.3) is 0 Å². The Balaban J connectivity index is 2.49. The summed E-state index contributed by atoms with van der Waals surface area (Å²) in [7, 11) is 3.77. The van der Waals surface area contributed by atoms with E-state index in [9.17, 15) is 4.79 Å². The summed E-state index contributed by atoms with van der Waals surface area (Å²) in [5, 5.41) is 0. The molecule has 5 heteroatoms. The number of carbonyl (C=O) groups is 1. The van der Waals surface area contributed by atoms with Crippen LogP contribution in [0, 0.1) is 0 Å². The average molecular weight is 218 g/mol. The molecule has 0 aromatic carbocycles. The van der Waals surface area contributed by atoms with Gasteiger partial charge >= 0.3 is 0 Å². The number of likely N-dealkylation sites (N-methyl/N-ethyl adjacent to an activating group) is 1.